The predicted octanol–water partition coefficient (Wildman–Crippen LogP) is 16.7. The van der Waals surface area contributed by atoms with Crippen molar-refractivity contribution < 1.29 is 28.4 Å². The molecule has 6 aliphatic rings. The lowest BCUT2D eigenvalue weighted by Gasteiger charge is -2.37. The molecule has 12 heterocycles. The average Bonchev–Trinajstić information content (AvgIpc) is 0.797. The zero-order chi connectivity index (χ0) is 65.9. The molecule has 16 heteroatoms. The third-order valence-electron chi connectivity index (χ3n) is 21.9. The zero-order valence-corrected chi connectivity index (χ0v) is 53.7. The van der Waals surface area contributed by atoms with Crippen molar-refractivity contribution in [3.8, 4) is 91.7 Å². The fourth-order valence-corrected chi connectivity index (χ4v) is 17.9. The number of benzene rings is 14. The number of fused-ring (bicyclic) bond motifs is 16. The first-order chi connectivity index (χ1) is 50.6. The largest absolute Gasteiger partial charge is 0.458 e. The normalized spacial score (nSPS) is 13.5. The summed E-state index contributed by atoms with van der Waals surface area (Å²) in [7, 11) is 0. The zero-order valence-electron chi connectivity index (χ0n) is 53.7. The molecule has 0 N–H and O–H groups in total. The fraction of sp³-hybridized carbons (Fsp3) is 0. The summed E-state index contributed by atoms with van der Waals surface area (Å²) in [4.78, 5) is 10.3. The average molecular weight is 1310 g/mol. The van der Waals surface area contributed by atoms with E-state index in [-0.39, 0.29) is 13.4 Å². The second kappa shape index (κ2) is 19.1. The highest BCUT2D eigenvalue weighted by Gasteiger charge is 2.48. The Morgan fingerprint density at radius 1 is 0.225 bits per heavy atom. The minimum atomic E-state index is -0.0412. The molecule has 6 aliphatic heterocycles. The van der Waals surface area contributed by atoms with Gasteiger partial charge in [-0.05, 0) is 133 Å². The lowest BCUT2D eigenvalue weighted by Crippen LogP contribution is -2.59. The summed E-state index contributed by atoms with van der Waals surface area (Å²) in [6, 6.07) is 97.2. The second-order valence-corrected chi connectivity index (χ2v) is 27.1. The minimum Gasteiger partial charge on any atom is -0.458 e. The number of rotatable bonds is 4. The van der Waals surface area contributed by atoms with Crippen molar-refractivity contribution in [1.29, 1.82) is 0 Å². The van der Waals surface area contributed by atoms with Gasteiger partial charge in [0, 0.05) is 84.3 Å². The number of ether oxygens (including phenoxy) is 6. The first-order valence-corrected chi connectivity index (χ1v) is 34.3. The van der Waals surface area contributed by atoms with Gasteiger partial charge in [0.25, 0.3) is 13.4 Å². The maximum atomic E-state index is 6.77. The van der Waals surface area contributed by atoms with E-state index < -0.39 is 0 Å². The number of para-hydroxylation sites is 11. The van der Waals surface area contributed by atoms with Crippen LogP contribution in [0.2, 0.25) is 0 Å². The van der Waals surface area contributed by atoms with Crippen LogP contribution in [-0.4, -0.2) is 50.5 Å². The second-order valence-electron chi connectivity index (χ2n) is 27.1. The Labute approximate surface area is 578 Å². The molecule has 0 saturated heterocycles. The summed E-state index contributed by atoms with van der Waals surface area (Å²) in [5.74, 6) is 11.5. The topological polar surface area (TPSA) is 110 Å². The van der Waals surface area contributed by atoms with E-state index in [4.69, 9.17) is 38.4 Å². The number of imidazole rings is 4. The monoisotopic (exact) mass is 1310 g/mol. The van der Waals surface area contributed by atoms with E-state index in [9.17, 15) is 0 Å². The van der Waals surface area contributed by atoms with E-state index in [1.807, 2.05) is 84.9 Å². The van der Waals surface area contributed by atoms with Crippen LogP contribution in [0.25, 0.3) is 122 Å². The highest BCUT2D eigenvalue weighted by atomic mass is 16.5. The third kappa shape index (κ3) is 6.80. The molecule has 0 radical (unpaired) electrons. The summed E-state index contributed by atoms with van der Waals surface area (Å²) in [5, 5.41) is 4.63. The molecule has 14 aromatic carbocycles. The first-order valence-electron chi connectivity index (χ1n) is 34.3. The fourth-order valence-electron chi connectivity index (χ4n) is 17.9. The maximum absolute atomic E-state index is 6.77. The van der Waals surface area contributed by atoms with E-state index in [1.165, 1.54) is 0 Å². The van der Waals surface area contributed by atoms with Crippen molar-refractivity contribution in [1.82, 2.24) is 37.0 Å². The lowest BCUT2D eigenvalue weighted by molar-refractivity contribution is 0.442. The molecule has 0 bridgehead atoms. The molecule has 0 spiro atoms. The van der Waals surface area contributed by atoms with Crippen molar-refractivity contribution >= 4 is 146 Å². The Morgan fingerprint density at radius 3 is 1.06 bits per heavy atom. The number of nitrogens with zero attached hydrogens (tertiary/aromatic N) is 8. The Hall–Kier alpha value is -13.9. The summed E-state index contributed by atoms with van der Waals surface area (Å²) >= 11 is 0. The van der Waals surface area contributed by atoms with E-state index in [0.29, 0.717) is 0 Å². The van der Waals surface area contributed by atoms with Crippen LogP contribution < -0.4 is 61.2 Å². The molecule has 26 rings (SSSR count). The van der Waals surface area contributed by atoms with Gasteiger partial charge in [0.1, 0.15) is 69.0 Å². The highest BCUT2D eigenvalue weighted by Crippen LogP contribution is 2.48. The molecule has 0 fully saturated rings. The number of aromatic nitrogens is 8. The summed E-state index contributed by atoms with van der Waals surface area (Å²) in [5.41, 5.74) is 23.2. The van der Waals surface area contributed by atoms with Gasteiger partial charge < -0.3 is 37.6 Å². The minimum absolute atomic E-state index is 0.0223. The lowest BCUT2D eigenvalue weighted by atomic mass is 9.34. The van der Waals surface area contributed by atoms with Gasteiger partial charge in [-0.2, -0.15) is 0 Å². The van der Waals surface area contributed by atoms with Crippen molar-refractivity contribution in [3.63, 3.8) is 0 Å². The van der Waals surface area contributed by atoms with Crippen molar-refractivity contribution in [2.45, 2.75) is 0 Å². The summed E-state index contributed by atoms with van der Waals surface area (Å²) < 4.78 is 53.5. The summed E-state index contributed by atoms with van der Waals surface area (Å²) in [6.45, 7) is -0.0635. The molecule has 0 unspecified atom stereocenters. The van der Waals surface area contributed by atoms with Crippen molar-refractivity contribution in [3.05, 3.63) is 279 Å². The van der Waals surface area contributed by atoms with Crippen molar-refractivity contribution in [2.24, 2.45) is 0 Å². The molecule has 0 aliphatic carbocycles. The first kappa shape index (κ1) is 53.2. The Bertz CT molecular complexity index is 7110. The van der Waals surface area contributed by atoms with Gasteiger partial charge in [-0.25, -0.2) is 9.97 Å². The van der Waals surface area contributed by atoms with Gasteiger partial charge in [0.05, 0.1) is 83.3 Å². The highest BCUT2D eigenvalue weighted by molar-refractivity contribution is 7.00. The smallest absolute Gasteiger partial charge is 0.270 e. The summed E-state index contributed by atoms with van der Waals surface area (Å²) in [6.07, 6.45) is 0. The van der Waals surface area contributed by atoms with Gasteiger partial charge in [0.2, 0.25) is 11.6 Å². The molecule has 472 valence electrons. The van der Waals surface area contributed by atoms with E-state index in [2.05, 4.69) is 221 Å². The van der Waals surface area contributed by atoms with Crippen LogP contribution >= 0.6 is 0 Å². The van der Waals surface area contributed by atoms with Crippen LogP contribution in [0.1, 0.15) is 0 Å². The SMILES string of the molecule is c1cc2c3c(c1)Oc1cc(-n4c5ccccc5c5cc(-n6c7ccccc7n7c8ccccc8nc67)ccc54)cc4c1B3c1c(cccc1O4)O2.c1cc2c3c(c1)Oc1cc(-n4c5ccccc5c5cccc(-n6c7ccccc7n7c8ccccc8nc67)c54)cc4c1B3c1c(cccc1O4)O2. The van der Waals surface area contributed by atoms with Gasteiger partial charge in [0.15, 0.2) is 0 Å². The van der Waals surface area contributed by atoms with E-state index in [1.54, 1.807) is 0 Å². The molecule has 102 heavy (non-hydrogen) atoms. The van der Waals surface area contributed by atoms with E-state index in [0.717, 1.165) is 224 Å². The molecular weight excluding hydrogens is 1260 g/mol. The third-order valence-corrected chi connectivity index (χ3v) is 21.9. The van der Waals surface area contributed by atoms with Crippen LogP contribution in [0.15, 0.2) is 279 Å². The Morgan fingerprint density at radius 2 is 0.569 bits per heavy atom. The molecule has 0 saturated carbocycles. The maximum Gasteiger partial charge on any atom is 0.270 e. The molecule has 0 atom stereocenters. The van der Waals surface area contributed by atoms with Crippen LogP contribution in [0, 0.1) is 0 Å². The Kier molecular flexibility index (Phi) is 9.95. The van der Waals surface area contributed by atoms with Crippen LogP contribution in [0.5, 0.6) is 69.0 Å². The van der Waals surface area contributed by atoms with Gasteiger partial charge in [-0.3, -0.25) is 17.9 Å². The molecule has 20 aromatic rings. The Balaban J connectivity index is 0.000000120. The van der Waals surface area contributed by atoms with Gasteiger partial charge in [-0.15, -0.1) is 0 Å². The number of hydrogen-bond acceptors (Lipinski definition) is 8. The van der Waals surface area contributed by atoms with E-state index >= 15 is 0 Å². The standard InChI is InChI=1S/2C43H23BN4O3/c1-3-13-28-25(10-1)26-11-7-17-32(48-31-16-6-5-15-30(31)47-29-14-4-2-12-27(29)45-43(47)48)42(26)46(28)24-22-37-41-38(23-24)51-36-21-9-19-34-40(36)44(41)39-33(49-34)18-8-20-35(39)50-37;1-3-11-29-26(9-1)27-21-24(47-32-13-5-6-14-33(32)48-31-12-4-2-10-28(31)45-43(47)48)19-20-30(27)46(29)25-22-38-42-39(23-25)51-37-18-8-16-35-41(37)44(42)40-34(49-35)15-7-17-36(40)50-38/h2*1-23H. The number of hydrogen-bond donors (Lipinski definition) is 0. The van der Waals surface area contributed by atoms with Gasteiger partial charge in [-0.1, -0.05) is 121 Å². The van der Waals surface area contributed by atoms with Crippen LogP contribution in [0.4, 0.5) is 0 Å². The molecule has 14 nitrogen and oxygen atoms in total. The quantitative estimate of drug-likeness (QED) is 0.160. The molecule has 6 aromatic heterocycles. The molecule has 0 amide bonds. The van der Waals surface area contributed by atoms with Gasteiger partial charge >= 0.3 is 0 Å². The molecular formula is C86H46B2N8O6. The van der Waals surface area contributed by atoms with Crippen molar-refractivity contribution in [2.75, 3.05) is 0 Å². The van der Waals surface area contributed by atoms with Crippen LogP contribution in [-0.2, 0) is 0 Å². The predicted molar refractivity (Wildman–Crippen MR) is 403 cm³/mol. The van der Waals surface area contributed by atoms with Crippen LogP contribution in [0.3, 0.4) is 0 Å².